The largest absolute Gasteiger partial charge is 0.462 e. The van der Waals surface area contributed by atoms with Gasteiger partial charge in [0.05, 0.1) is 0 Å². The SMILES string of the molecule is N#[N+][C-]=C(OCO)Oc1ccccc1. The fourth-order valence-electron chi connectivity index (χ4n) is 0.780. The quantitative estimate of drug-likeness (QED) is 0.339. The van der Waals surface area contributed by atoms with Gasteiger partial charge in [-0.2, -0.15) is 0 Å². The van der Waals surface area contributed by atoms with Crippen LogP contribution in [0.25, 0.3) is 4.98 Å². The normalized spacial score (nSPS) is 10.4. The van der Waals surface area contributed by atoms with Crippen LogP contribution in [-0.2, 0) is 4.74 Å². The molecule has 0 saturated heterocycles. The van der Waals surface area contributed by atoms with Gasteiger partial charge in [-0.15, -0.1) is 0 Å². The summed E-state index contributed by atoms with van der Waals surface area (Å²) in [6.45, 7) is -0.579. The molecule has 5 nitrogen and oxygen atoms in total. The van der Waals surface area contributed by atoms with Crippen LogP contribution in [0.15, 0.2) is 36.3 Å². The fourth-order valence-corrected chi connectivity index (χ4v) is 0.780. The van der Waals surface area contributed by atoms with Gasteiger partial charge in [0.15, 0.2) is 18.1 Å². The summed E-state index contributed by atoms with van der Waals surface area (Å²) in [4.78, 5) is 2.60. The van der Waals surface area contributed by atoms with Crippen LogP contribution in [0.3, 0.4) is 0 Å². The summed E-state index contributed by atoms with van der Waals surface area (Å²) in [5.41, 5.74) is 0. The number of nitrogens with zero attached hydrogens (tertiary/aromatic N) is 2. The molecule has 0 radical (unpaired) electrons. The lowest BCUT2D eigenvalue weighted by Gasteiger charge is -2.11. The van der Waals surface area contributed by atoms with Crippen molar-refractivity contribution >= 4 is 0 Å². The topological polar surface area (TPSA) is 66.8 Å². The number of aliphatic hydroxyl groups excluding tert-OH is 1. The summed E-state index contributed by atoms with van der Waals surface area (Å²) in [7, 11) is 0. The second kappa shape index (κ2) is 5.56. The van der Waals surface area contributed by atoms with Gasteiger partial charge in [-0.25, -0.2) is 0 Å². The van der Waals surface area contributed by atoms with Gasteiger partial charge in [-0.05, 0) is 17.1 Å². The molecule has 1 rings (SSSR count). The fraction of sp³-hybridized carbons (Fsp3) is 0.111. The van der Waals surface area contributed by atoms with E-state index in [0.717, 1.165) is 0 Å². The molecular formula is C9H8N2O3. The van der Waals surface area contributed by atoms with E-state index in [2.05, 4.69) is 9.71 Å². The number of ether oxygens (including phenoxy) is 2. The Kier molecular flexibility index (Phi) is 3.98. The average molecular weight is 192 g/mol. The van der Waals surface area contributed by atoms with Crippen LogP contribution in [0.2, 0.25) is 0 Å². The molecule has 0 aromatic heterocycles. The Morgan fingerprint density at radius 2 is 2.14 bits per heavy atom. The third-order valence-electron chi connectivity index (χ3n) is 1.29. The number of hydrogen-bond acceptors (Lipinski definition) is 4. The first-order chi connectivity index (χ1) is 6.86. The van der Waals surface area contributed by atoms with Crippen molar-refractivity contribution in [2.45, 2.75) is 0 Å². The Morgan fingerprint density at radius 3 is 2.71 bits per heavy atom. The second-order valence-electron chi connectivity index (χ2n) is 2.19. The van der Waals surface area contributed by atoms with Crippen molar-refractivity contribution in [3.8, 4) is 5.75 Å². The van der Waals surface area contributed by atoms with Crippen LogP contribution < -0.4 is 4.74 Å². The van der Waals surface area contributed by atoms with Gasteiger partial charge in [0, 0.05) is 0 Å². The third kappa shape index (κ3) is 3.13. The van der Waals surface area contributed by atoms with Gasteiger partial charge in [-0.3, -0.25) is 0 Å². The van der Waals surface area contributed by atoms with Crippen LogP contribution in [-0.4, -0.2) is 11.9 Å². The Morgan fingerprint density at radius 1 is 1.43 bits per heavy atom. The number of para-hydroxylation sites is 1. The zero-order chi connectivity index (χ0) is 10.2. The van der Waals surface area contributed by atoms with Gasteiger partial charge >= 0.3 is 0 Å². The van der Waals surface area contributed by atoms with Crippen molar-refractivity contribution in [3.05, 3.63) is 47.5 Å². The summed E-state index contributed by atoms with van der Waals surface area (Å²) >= 11 is 0. The zero-order valence-electron chi connectivity index (χ0n) is 7.25. The second-order valence-corrected chi connectivity index (χ2v) is 2.19. The van der Waals surface area contributed by atoms with Crippen molar-refractivity contribution in [1.29, 1.82) is 5.39 Å². The molecule has 0 amide bonds. The van der Waals surface area contributed by atoms with Crippen LogP contribution in [0, 0.1) is 11.6 Å². The van der Waals surface area contributed by atoms with Crippen molar-refractivity contribution in [1.82, 2.24) is 0 Å². The molecule has 0 fully saturated rings. The molecule has 0 spiro atoms. The van der Waals surface area contributed by atoms with E-state index in [0.29, 0.717) is 5.75 Å². The molecule has 0 bridgehead atoms. The minimum Gasteiger partial charge on any atom is -0.462 e. The smallest absolute Gasteiger partial charge is 0.186 e. The summed E-state index contributed by atoms with van der Waals surface area (Å²) < 4.78 is 9.64. The van der Waals surface area contributed by atoms with Gasteiger partial charge in [-0.1, -0.05) is 18.2 Å². The molecule has 1 aromatic rings. The van der Waals surface area contributed by atoms with Crippen LogP contribution >= 0.6 is 0 Å². The number of diazo groups is 1. The highest BCUT2D eigenvalue weighted by Gasteiger charge is 1.95. The highest BCUT2D eigenvalue weighted by atomic mass is 16.7. The monoisotopic (exact) mass is 192 g/mol. The molecule has 0 heterocycles. The highest BCUT2D eigenvalue weighted by molar-refractivity contribution is 5.22. The summed E-state index contributed by atoms with van der Waals surface area (Å²) in [5.74, 6) is 0.285. The summed E-state index contributed by atoms with van der Waals surface area (Å²) in [6, 6.07) is 8.72. The van der Waals surface area contributed by atoms with Gasteiger partial charge in [0.1, 0.15) is 11.9 Å². The zero-order valence-corrected chi connectivity index (χ0v) is 7.25. The standard InChI is InChI=1S/C9H8N2O3/c10-11-6-9(13-7-12)14-8-4-2-1-3-5-8/h1-5,12H,7H2. The van der Waals surface area contributed by atoms with Gasteiger partial charge < -0.3 is 14.6 Å². The van der Waals surface area contributed by atoms with E-state index in [1.165, 1.54) is 0 Å². The minimum atomic E-state index is -0.579. The Hall–Kier alpha value is -2.06. The molecule has 72 valence electrons. The summed E-state index contributed by atoms with van der Waals surface area (Å²) in [5, 5.41) is 16.6. The predicted molar refractivity (Wildman–Crippen MR) is 47.1 cm³/mol. The predicted octanol–water partition coefficient (Wildman–Crippen LogP) is 1.49. The number of rotatable bonds is 4. The molecule has 14 heavy (non-hydrogen) atoms. The maximum Gasteiger partial charge on any atom is 0.186 e. The first-order valence-corrected chi connectivity index (χ1v) is 3.80. The lowest BCUT2D eigenvalue weighted by atomic mass is 10.3. The third-order valence-corrected chi connectivity index (χ3v) is 1.29. The lowest BCUT2D eigenvalue weighted by Crippen LogP contribution is -2.01. The Labute approximate surface area is 80.8 Å². The van der Waals surface area contributed by atoms with Crippen LogP contribution in [0.4, 0.5) is 0 Å². The Balaban J connectivity index is 2.66. The van der Waals surface area contributed by atoms with Crippen molar-refractivity contribution in [3.63, 3.8) is 0 Å². The molecule has 5 heteroatoms. The molecule has 0 aliphatic heterocycles. The van der Waals surface area contributed by atoms with E-state index < -0.39 is 6.79 Å². The molecule has 1 N–H and O–H groups in total. The number of hydrogen-bond donors (Lipinski definition) is 1. The molecule has 1 aromatic carbocycles. The van der Waals surface area contributed by atoms with E-state index in [4.69, 9.17) is 15.2 Å². The van der Waals surface area contributed by atoms with E-state index in [1.807, 2.05) is 12.3 Å². The van der Waals surface area contributed by atoms with Gasteiger partial charge in [0.2, 0.25) is 0 Å². The molecule has 0 saturated carbocycles. The van der Waals surface area contributed by atoms with Crippen molar-refractivity contribution in [2.75, 3.05) is 6.79 Å². The van der Waals surface area contributed by atoms with Gasteiger partial charge in [0.25, 0.3) is 0 Å². The average Bonchev–Trinajstić information content (AvgIpc) is 2.20. The molecule has 0 atom stereocenters. The van der Waals surface area contributed by atoms with Crippen molar-refractivity contribution < 1.29 is 14.6 Å². The minimum absolute atomic E-state index is 0.207. The van der Waals surface area contributed by atoms with E-state index in [-0.39, 0.29) is 5.95 Å². The maximum atomic E-state index is 8.45. The first-order valence-electron chi connectivity index (χ1n) is 3.80. The molecule has 0 aliphatic rings. The molecular weight excluding hydrogens is 184 g/mol. The first kappa shape index (κ1) is 10.0. The van der Waals surface area contributed by atoms with E-state index >= 15 is 0 Å². The maximum absolute atomic E-state index is 8.45. The van der Waals surface area contributed by atoms with Crippen LogP contribution in [0.1, 0.15) is 0 Å². The number of benzene rings is 1. The molecule has 0 unspecified atom stereocenters. The highest BCUT2D eigenvalue weighted by Crippen LogP contribution is 2.12. The summed E-state index contributed by atoms with van der Waals surface area (Å²) in [6.07, 6.45) is 2.02. The number of aliphatic hydroxyl groups is 1. The van der Waals surface area contributed by atoms with Crippen LogP contribution in [0.5, 0.6) is 5.75 Å². The lowest BCUT2D eigenvalue weighted by molar-refractivity contribution is -0.00500. The van der Waals surface area contributed by atoms with E-state index in [1.54, 1.807) is 24.3 Å². The van der Waals surface area contributed by atoms with Crippen molar-refractivity contribution in [2.24, 2.45) is 0 Å². The van der Waals surface area contributed by atoms with E-state index in [9.17, 15) is 0 Å². The Bertz CT molecular complexity index is 343. The molecule has 0 aliphatic carbocycles.